The van der Waals surface area contributed by atoms with Gasteiger partial charge in [-0.05, 0) is 0 Å². The SMILES string of the molecule is ClC[C@@H]1[C@H](CCl)[C@]2(Cl)C(Cl)=C(Cl)[C@]1(Cl)C2(Cl)Cl. The summed E-state index contributed by atoms with van der Waals surface area (Å²) in [5, 5.41) is 0.320. The lowest BCUT2D eigenvalue weighted by atomic mass is 9.84. The van der Waals surface area contributed by atoms with Crippen molar-refractivity contribution in [1.82, 2.24) is 0 Å². The normalized spacial score (nSPS) is 48.0. The van der Waals surface area contributed by atoms with E-state index >= 15 is 0 Å². The van der Waals surface area contributed by atoms with Gasteiger partial charge >= 0.3 is 0 Å². The molecule has 2 aliphatic carbocycles. The van der Waals surface area contributed by atoms with Gasteiger partial charge in [-0.3, -0.25) is 0 Å². The molecule has 4 atom stereocenters. The lowest BCUT2D eigenvalue weighted by Crippen LogP contribution is -2.45. The highest BCUT2D eigenvalue weighted by atomic mass is 35.5. The minimum absolute atomic E-state index is 0.160. The van der Waals surface area contributed by atoms with Gasteiger partial charge in [-0.15, -0.1) is 46.4 Å². The summed E-state index contributed by atoms with van der Waals surface area (Å²) in [6, 6.07) is 0. The summed E-state index contributed by atoms with van der Waals surface area (Å²) >= 11 is 49.8. The van der Waals surface area contributed by atoms with Crippen molar-refractivity contribution in [3.8, 4) is 0 Å². The second-order valence-corrected chi connectivity index (χ2v) is 8.04. The fourth-order valence-electron chi connectivity index (χ4n) is 2.63. The quantitative estimate of drug-likeness (QED) is 0.536. The van der Waals surface area contributed by atoms with Gasteiger partial charge in [0.25, 0.3) is 0 Å². The molecule has 0 spiro atoms. The van der Waals surface area contributed by atoms with E-state index in [1.165, 1.54) is 0 Å². The van der Waals surface area contributed by atoms with E-state index in [1.807, 2.05) is 0 Å². The Labute approximate surface area is 139 Å². The Morgan fingerprint density at radius 3 is 1.29 bits per heavy atom. The number of fused-ring (bicyclic) bond motifs is 2. The Morgan fingerprint density at radius 2 is 1.06 bits per heavy atom. The zero-order valence-electron chi connectivity index (χ0n) is 8.09. The molecule has 0 radical (unpaired) electrons. The van der Waals surface area contributed by atoms with E-state index in [0.29, 0.717) is 0 Å². The highest BCUT2D eigenvalue weighted by Gasteiger charge is 2.81. The summed E-state index contributed by atoms with van der Waals surface area (Å²) in [6.45, 7) is 0. The Kier molecular flexibility index (Phi) is 4.12. The summed E-state index contributed by atoms with van der Waals surface area (Å²) < 4.78 is -1.55. The van der Waals surface area contributed by atoms with Crippen LogP contribution >= 0.6 is 92.8 Å². The van der Waals surface area contributed by atoms with Crippen molar-refractivity contribution < 1.29 is 0 Å². The van der Waals surface area contributed by atoms with E-state index in [0.717, 1.165) is 0 Å². The molecule has 1 fully saturated rings. The fourth-order valence-corrected chi connectivity index (χ4v) is 6.77. The van der Waals surface area contributed by atoms with Crippen LogP contribution in [0.25, 0.3) is 0 Å². The molecule has 2 aliphatic rings. The van der Waals surface area contributed by atoms with Gasteiger partial charge in [0.1, 0.15) is 9.75 Å². The minimum Gasteiger partial charge on any atom is -0.126 e. The predicted octanol–water partition coefficient (Wildman–Crippen LogP) is 5.54. The Morgan fingerprint density at radius 1 is 0.765 bits per heavy atom. The van der Waals surface area contributed by atoms with Crippen LogP contribution in [0, 0.1) is 11.8 Å². The first kappa shape index (κ1) is 15.4. The van der Waals surface area contributed by atoms with Crippen LogP contribution in [0.1, 0.15) is 0 Å². The maximum absolute atomic E-state index is 6.50. The number of hydrogen-bond acceptors (Lipinski definition) is 0. The molecule has 2 bridgehead atoms. The number of hydrogen-bond donors (Lipinski definition) is 0. The summed E-state index contributed by atoms with van der Waals surface area (Å²) in [7, 11) is 0. The molecule has 0 N–H and O–H groups in total. The third kappa shape index (κ3) is 1.48. The topological polar surface area (TPSA) is 0 Å². The van der Waals surface area contributed by atoms with E-state index in [9.17, 15) is 0 Å². The molecule has 0 aromatic carbocycles. The molecule has 0 aromatic rings. The summed E-state index contributed by atoms with van der Waals surface area (Å²) in [5.74, 6) is -0.301. The van der Waals surface area contributed by atoms with E-state index in [4.69, 9.17) is 92.8 Å². The molecular formula is C9H6Cl8. The number of rotatable bonds is 2. The monoisotopic (exact) mass is 394 g/mol. The van der Waals surface area contributed by atoms with Gasteiger partial charge < -0.3 is 0 Å². The van der Waals surface area contributed by atoms with Gasteiger partial charge in [-0.1, -0.05) is 46.4 Å². The van der Waals surface area contributed by atoms with Gasteiger partial charge in [0, 0.05) is 23.6 Å². The second kappa shape index (κ2) is 4.53. The zero-order chi connectivity index (χ0) is 13.2. The van der Waals surface area contributed by atoms with Crippen LogP contribution in [0.4, 0.5) is 0 Å². The molecule has 0 nitrogen and oxygen atoms in total. The Hall–Kier alpha value is 2.06. The molecule has 0 unspecified atom stereocenters. The standard InChI is InChI=1S/C9H6Cl8/c10-1-3-4(2-11)8(15)6(13)5(12)7(3,14)9(8,16)17/h3-4H,1-2H2/t3-,4+,7-,8-/m0/s1. The first-order valence-electron chi connectivity index (χ1n) is 4.65. The van der Waals surface area contributed by atoms with Crippen LogP contribution in [0.5, 0.6) is 0 Å². The molecule has 0 aliphatic heterocycles. The second-order valence-electron chi connectivity index (χ2n) is 4.15. The van der Waals surface area contributed by atoms with Crippen molar-refractivity contribution in [2.75, 3.05) is 11.8 Å². The maximum Gasteiger partial charge on any atom is 0.166 e. The summed E-state index contributed by atoms with van der Waals surface area (Å²) in [5.41, 5.74) is 0. The Balaban J connectivity index is 2.72. The molecule has 98 valence electrons. The van der Waals surface area contributed by atoms with Crippen molar-refractivity contribution in [1.29, 1.82) is 0 Å². The molecule has 2 rings (SSSR count). The lowest BCUT2D eigenvalue weighted by Gasteiger charge is -2.34. The van der Waals surface area contributed by atoms with E-state index < -0.39 is 14.1 Å². The summed E-state index contributed by atoms with van der Waals surface area (Å²) in [6.07, 6.45) is 0. The molecule has 0 saturated heterocycles. The van der Waals surface area contributed by atoms with Crippen molar-refractivity contribution in [3.63, 3.8) is 0 Å². The van der Waals surface area contributed by atoms with E-state index in [1.54, 1.807) is 0 Å². The van der Waals surface area contributed by atoms with Crippen LogP contribution in [0.15, 0.2) is 10.1 Å². The van der Waals surface area contributed by atoms with Gasteiger partial charge in [-0.2, -0.15) is 0 Å². The van der Waals surface area contributed by atoms with Crippen LogP contribution in [0.2, 0.25) is 0 Å². The molecular weight excluding hydrogens is 392 g/mol. The molecule has 1 saturated carbocycles. The van der Waals surface area contributed by atoms with Crippen LogP contribution in [-0.4, -0.2) is 25.8 Å². The van der Waals surface area contributed by atoms with Crippen molar-refractivity contribution >= 4 is 92.8 Å². The van der Waals surface area contributed by atoms with Gasteiger partial charge in [0.15, 0.2) is 4.33 Å². The molecule has 0 amide bonds. The van der Waals surface area contributed by atoms with Gasteiger partial charge in [0.2, 0.25) is 0 Å². The zero-order valence-corrected chi connectivity index (χ0v) is 14.1. The third-order valence-electron chi connectivity index (χ3n) is 3.59. The molecule has 17 heavy (non-hydrogen) atoms. The van der Waals surface area contributed by atoms with Crippen LogP contribution in [-0.2, 0) is 0 Å². The van der Waals surface area contributed by atoms with Crippen LogP contribution < -0.4 is 0 Å². The summed E-state index contributed by atoms with van der Waals surface area (Å²) in [4.78, 5) is -2.59. The van der Waals surface area contributed by atoms with Crippen molar-refractivity contribution in [2.45, 2.75) is 14.1 Å². The lowest BCUT2D eigenvalue weighted by molar-refractivity contribution is 0.391. The van der Waals surface area contributed by atoms with Gasteiger partial charge in [-0.25, -0.2) is 0 Å². The third-order valence-corrected chi connectivity index (χ3v) is 8.60. The predicted molar refractivity (Wildman–Crippen MR) is 78.8 cm³/mol. The van der Waals surface area contributed by atoms with Gasteiger partial charge in [0.05, 0.1) is 10.1 Å². The largest absolute Gasteiger partial charge is 0.166 e. The first-order valence-corrected chi connectivity index (χ1v) is 7.98. The molecule has 0 heterocycles. The highest BCUT2D eigenvalue weighted by molar-refractivity contribution is 6.65. The maximum atomic E-state index is 6.50. The average Bonchev–Trinajstić information content (AvgIpc) is 2.48. The molecule has 0 aromatic heterocycles. The molecule has 8 heteroatoms. The van der Waals surface area contributed by atoms with E-state index in [-0.39, 0.29) is 33.7 Å². The van der Waals surface area contributed by atoms with Crippen molar-refractivity contribution in [2.24, 2.45) is 11.8 Å². The minimum atomic E-state index is -1.55. The van der Waals surface area contributed by atoms with E-state index in [2.05, 4.69) is 0 Å². The van der Waals surface area contributed by atoms with Crippen LogP contribution in [0.3, 0.4) is 0 Å². The number of allylic oxidation sites excluding steroid dienone is 2. The first-order chi connectivity index (χ1) is 7.71. The number of halogens is 8. The fraction of sp³-hybridized carbons (Fsp3) is 0.778. The Bertz CT molecular complexity index is 356. The highest BCUT2D eigenvalue weighted by Crippen LogP contribution is 2.76. The smallest absolute Gasteiger partial charge is 0.126 e. The average molecular weight is 398 g/mol. The van der Waals surface area contributed by atoms with Crippen molar-refractivity contribution in [3.05, 3.63) is 10.1 Å². The number of alkyl halides is 6.